The van der Waals surface area contributed by atoms with Gasteiger partial charge in [-0.3, -0.25) is 14.6 Å². The van der Waals surface area contributed by atoms with Crippen LogP contribution in [-0.2, 0) is 4.79 Å². The second-order valence-corrected chi connectivity index (χ2v) is 8.57. The Hall–Kier alpha value is -2.80. The Bertz CT molecular complexity index is 890. The number of hydrogen-bond donors (Lipinski definition) is 2. The van der Waals surface area contributed by atoms with E-state index in [9.17, 15) is 14.0 Å². The summed E-state index contributed by atoms with van der Waals surface area (Å²) < 4.78 is 13.0. The molecule has 1 aromatic heterocycles. The molecule has 0 atom stereocenters. The summed E-state index contributed by atoms with van der Waals surface area (Å²) in [7, 11) is 0. The van der Waals surface area contributed by atoms with E-state index in [0.29, 0.717) is 41.2 Å². The van der Waals surface area contributed by atoms with Crippen LogP contribution in [-0.4, -0.2) is 46.5 Å². The first-order chi connectivity index (χ1) is 15.5. The van der Waals surface area contributed by atoms with Crippen molar-refractivity contribution < 1.29 is 19.1 Å². The van der Waals surface area contributed by atoms with Crippen molar-refractivity contribution >= 4 is 11.8 Å². The minimum Gasteiger partial charge on any atom is -0.396 e. The van der Waals surface area contributed by atoms with E-state index in [4.69, 9.17) is 10.8 Å². The number of benzene rings is 1. The number of carbonyl (C=O) groups is 2. The zero-order valence-electron chi connectivity index (χ0n) is 18.4. The van der Waals surface area contributed by atoms with Crippen LogP contribution in [0.2, 0.25) is 0 Å². The number of aliphatic hydroxyl groups excluding tert-OH is 1. The number of likely N-dealkylation sites (tertiary alicyclic amines) is 1. The van der Waals surface area contributed by atoms with Gasteiger partial charge in [-0.25, -0.2) is 4.39 Å². The number of pyridine rings is 1. The van der Waals surface area contributed by atoms with Crippen LogP contribution in [0.15, 0.2) is 42.6 Å². The van der Waals surface area contributed by atoms with Crippen molar-refractivity contribution in [2.45, 2.75) is 44.9 Å². The fraction of sp³-hybridized carbons (Fsp3) is 0.480. The molecule has 6 nitrogen and oxygen atoms in total. The summed E-state index contributed by atoms with van der Waals surface area (Å²) in [5.74, 6) is 0.517. The highest BCUT2D eigenvalue weighted by molar-refractivity contribution is 5.92. The lowest BCUT2D eigenvalue weighted by Gasteiger charge is -2.33. The highest BCUT2D eigenvalue weighted by Gasteiger charge is 2.29. The van der Waals surface area contributed by atoms with Crippen molar-refractivity contribution in [3.63, 3.8) is 0 Å². The molecule has 0 bridgehead atoms. The van der Waals surface area contributed by atoms with E-state index < -0.39 is 5.91 Å². The van der Waals surface area contributed by atoms with E-state index in [1.807, 2.05) is 0 Å². The van der Waals surface area contributed by atoms with Crippen molar-refractivity contribution in [1.29, 1.82) is 0 Å². The van der Waals surface area contributed by atoms with Gasteiger partial charge < -0.3 is 15.7 Å². The molecule has 2 amide bonds. The Labute approximate surface area is 188 Å². The molecule has 0 unspecified atom stereocenters. The van der Waals surface area contributed by atoms with Crippen molar-refractivity contribution in [3.05, 3.63) is 54.0 Å². The second-order valence-electron chi connectivity index (χ2n) is 8.57. The fourth-order valence-electron chi connectivity index (χ4n) is 4.41. The van der Waals surface area contributed by atoms with Crippen LogP contribution in [0.1, 0.15) is 55.3 Å². The van der Waals surface area contributed by atoms with Crippen molar-refractivity contribution in [2.75, 3.05) is 19.7 Å². The monoisotopic (exact) mass is 441 g/mol. The van der Waals surface area contributed by atoms with E-state index in [2.05, 4.69) is 9.88 Å². The topological polar surface area (TPSA) is 96.5 Å². The third kappa shape index (κ3) is 6.60. The third-order valence-electron chi connectivity index (χ3n) is 6.34. The molecule has 0 radical (unpaired) electrons. The van der Waals surface area contributed by atoms with Gasteiger partial charge in [0, 0.05) is 37.4 Å². The van der Waals surface area contributed by atoms with Gasteiger partial charge in [0.1, 0.15) is 5.82 Å². The minimum atomic E-state index is -0.529. The van der Waals surface area contributed by atoms with Crippen LogP contribution >= 0.6 is 0 Å². The van der Waals surface area contributed by atoms with Crippen LogP contribution < -0.4 is 5.73 Å². The maximum absolute atomic E-state index is 13.0. The number of amides is 2. The lowest BCUT2D eigenvalue weighted by atomic mass is 9.93. The van der Waals surface area contributed by atoms with Crippen molar-refractivity contribution in [3.8, 4) is 11.3 Å². The molecule has 2 aliphatic rings. The average molecular weight is 442 g/mol. The van der Waals surface area contributed by atoms with Gasteiger partial charge in [-0.15, -0.1) is 0 Å². The molecule has 1 aliphatic heterocycles. The van der Waals surface area contributed by atoms with E-state index in [-0.39, 0.29) is 5.82 Å². The first-order valence-corrected chi connectivity index (χ1v) is 11.4. The smallest absolute Gasteiger partial charge is 0.250 e. The minimum absolute atomic E-state index is 0.293. The molecule has 2 fully saturated rings. The summed E-state index contributed by atoms with van der Waals surface area (Å²) in [5.41, 5.74) is 6.69. The number of nitrogens with zero attached hydrogens (tertiary/aromatic N) is 2. The highest BCUT2D eigenvalue weighted by Crippen LogP contribution is 2.29. The molecule has 1 aromatic carbocycles. The summed E-state index contributed by atoms with van der Waals surface area (Å²) >= 11 is 0. The van der Waals surface area contributed by atoms with Gasteiger partial charge in [-0.1, -0.05) is 25.0 Å². The fourth-order valence-corrected chi connectivity index (χ4v) is 4.41. The number of aromatic nitrogens is 1. The lowest BCUT2D eigenvalue weighted by molar-refractivity contribution is -0.136. The molecule has 1 aliphatic carbocycles. The molecule has 172 valence electrons. The Morgan fingerprint density at radius 2 is 1.81 bits per heavy atom. The molecule has 32 heavy (non-hydrogen) atoms. The number of halogens is 1. The summed E-state index contributed by atoms with van der Waals surface area (Å²) in [6.07, 6.45) is 9.13. The van der Waals surface area contributed by atoms with Crippen molar-refractivity contribution in [2.24, 2.45) is 17.6 Å². The molecule has 0 spiro atoms. The molecule has 7 heteroatoms. The Kier molecular flexibility index (Phi) is 8.73. The number of hydrogen-bond acceptors (Lipinski definition) is 4. The average Bonchev–Trinajstić information content (AvgIpc) is 3.35. The van der Waals surface area contributed by atoms with Gasteiger partial charge in [-0.05, 0) is 62.3 Å². The van der Waals surface area contributed by atoms with Gasteiger partial charge in [0.25, 0.3) is 0 Å². The molecule has 4 rings (SSSR count). The Morgan fingerprint density at radius 3 is 2.38 bits per heavy atom. The number of aliphatic hydroxyl groups is 1. The zero-order valence-corrected chi connectivity index (χ0v) is 18.4. The molecule has 1 saturated carbocycles. The predicted molar refractivity (Wildman–Crippen MR) is 121 cm³/mol. The van der Waals surface area contributed by atoms with Gasteiger partial charge in [0.05, 0.1) is 11.3 Å². The van der Waals surface area contributed by atoms with Crippen LogP contribution in [0.25, 0.3) is 11.3 Å². The van der Waals surface area contributed by atoms with E-state index in [0.717, 1.165) is 45.2 Å². The quantitative estimate of drug-likeness (QED) is 0.738. The Morgan fingerprint density at radius 1 is 1.09 bits per heavy atom. The number of primary amides is 1. The van der Waals surface area contributed by atoms with Crippen LogP contribution in [0.3, 0.4) is 0 Å². The largest absolute Gasteiger partial charge is 0.396 e. The summed E-state index contributed by atoms with van der Waals surface area (Å²) in [4.78, 5) is 29.1. The first-order valence-electron chi connectivity index (χ1n) is 11.4. The highest BCUT2D eigenvalue weighted by atomic mass is 19.1. The SMILES string of the molecule is NC(=O)c1ccc(-c2cccc(F)c2)nc1.O=C(C1CCCC1)N1CCC(CCO)CC1. The Balaban J connectivity index is 0.000000181. The van der Waals surface area contributed by atoms with Crippen LogP contribution in [0.4, 0.5) is 4.39 Å². The summed E-state index contributed by atoms with van der Waals surface area (Å²) in [6, 6.07) is 9.29. The van der Waals surface area contributed by atoms with Gasteiger partial charge >= 0.3 is 0 Å². The second kappa shape index (κ2) is 11.7. The number of nitrogens with two attached hydrogens (primary N) is 1. The van der Waals surface area contributed by atoms with Gasteiger partial charge in [0.2, 0.25) is 11.8 Å². The molecular weight excluding hydrogens is 409 g/mol. The number of carbonyl (C=O) groups excluding carboxylic acids is 2. The number of rotatable bonds is 5. The number of piperidine rings is 1. The standard InChI is InChI=1S/C13H23NO2.C12H9FN2O/c15-10-7-11-5-8-14(9-6-11)13(16)12-3-1-2-4-12;13-10-3-1-2-8(6-10)11-5-4-9(7-15-11)12(14)16/h11-12,15H,1-10H2;1-7H,(H2,14,16). The third-order valence-corrected chi connectivity index (χ3v) is 6.34. The molecular formula is C25H32FN3O3. The lowest BCUT2D eigenvalue weighted by Crippen LogP contribution is -2.41. The zero-order chi connectivity index (χ0) is 22.9. The van der Waals surface area contributed by atoms with Crippen molar-refractivity contribution in [1.82, 2.24) is 9.88 Å². The molecule has 2 aromatic rings. The van der Waals surface area contributed by atoms with Crippen LogP contribution in [0, 0.1) is 17.7 Å². The van der Waals surface area contributed by atoms with E-state index in [1.165, 1.54) is 31.2 Å². The molecule has 3 N–H and O–H groups in total. The summed E-state index contributed by atoms with van der Waals surface area (Å²) in [5, 5.41) is 8.89. The van der Waals surface area contributed by atoms with Gasteiger partial charge in [-0.2, -0.15) is 0 Å². The maximum Gasteiger partial charge on any atom is 0.250 e. The first kappa shape index (κ1) is 23.9. The van der Waals surface area contributed by atoms with E-state index in [1.54, 1.807) is 24.3 Å². The molecule has 1 saturated heterocycles. The van der Waals surface area contributed by atoms with Gasteiger partial charge in [0.15, 0.2) is 0 Å². The maximum atomic E-state index is 13.0. The summed E-state index contributed by atoms with van der Waals surface area (Å²) in [6.45, 7) is 2.13. The normalized spacial score (nSPS) is 17.0. The van der Waals surface area contributed by atoms with E-state index >= 15 is 0 Å². The molecule has 2 heterocycles. The van der Waals surface area contributed by atoms with Crippen LogP contribution in [0.5, 0.6) is 0 Å². The predicted octanol–water partition coefficient (Wildman–Crippen LogP) is 3.78.